The number of ketones is 1. The number of rotatable bonds is 7. The van der Waals surface area contributed by atoms with E-state index in [4.69, 9.17) is 10.5 Å². The predicted molar refractivity (Wildman–Crippen MR) is 135 cm³/mol. The Morgan fingerprint density at radius 2 is 1.30 bits per heavy atom. The van der Waals surface area contributed by atoms with Gasteiger partial charge in [0.05, 0.1) is 19.6 Å². The number of carbonyl (C=O) groups excluding carboxylic acids is 2. The zero-order valence-electron chi connectivity index (χ0n) is 20.2. The molecule has 1 aromatic heterocycles. The van der Waals surface area contributed by atoms with Gasteiger partial charge in [0.25, 0.3) is 5.56 Å². The molecule has 0 atom stereocenters. The highest BCUT2D eigenvalue weighted by atomic mass is 19.1. The van der Waals surface area contributed by atoms with E-state index in [9.17, 15) is 23.2 Å². The molecular formula is C26H29F2N5O4. The SMILES string of the molecule is NC=O.Nc1c(C(=O)CN2CCCCC2)c(=O)n(Cc2ccc(F)cc2)c(=O)n1Cc1ccc(F)cc1. The number of hydrogen-bond donors (Lipinski definition) is 2. The number of nitrogens with two attached hydrogens (primary N) is 2. The molecule has 1 amide bonds. The van der Waals surface area contributed by atoms with Crippen molar-refractivity contribution >= 4 is 18.0 Å². The Morgan fingerprint density at radius 1 is 0.838 bits per heavy atom. The predicted octanol–water partition coefficient (Wildman–Crippen LogP) is 1.74. The lowest BCUT2D eigenvalue weighted by Crippen LogP contribution is -2.46. The van der Waals surface area contributed by atoms with Crippen LogP contribution >= 0.6 is 0 Å². The van der Waals surface area contributed by atoms with E-state index >= 15 is 0 Å². The Kier molecular flexibility index (Phi) is 9.45. The molecule has 0 spiro atoms. The summed E-state index contributed by atoms with van der Waals surface area (Å²) >= 11 is 0. The topological polar surface area (TPSA) is 133 Å². The molecule has 0 aliphatic carbocycles. The van der Waals surface area contributed by atoms with Gasteiger partial charge in [-0.3, -0.25) is 28.4 Å². The first-order valence-corrected chi connectivity index (χ1v) is 11.8. The van der Waals surface area contributed by atoms with Crippen LogP contribution in [0.3, 0.4) is 0 Å². The molecule has 3 aromatic rings. The molecule has 0 bridgehead atoms. The smallest absolute Gasteiger partial charge is 0.333 e. The molecule has 2 heterocycles. The average Bonchev–Trinajstić information content (AvgIpc) is 2.88. The minimum atomic E-state index is -0.774. The number of amides is 1. The Labute approximate surface area is 211 Å². The lowest BCUT2D eigenvalue weighted by molar-refractivity contribution is -0.106. The van der Waals surface area contributed by atoms with E-state index in [0.29, 0.717) is 11.1 Å². The molecule has 1 aliphatic heterocycles. The van der Waals surface area contributed by atoms with E-state index in [-0.39, 0.29) is 37.4 Å². The minimum Gasteiger partial charge on any atom is -0.384 e. The molecule has 4 rings (SSSR count). The Hall–Kier alpha value is -4.12. The number of Topliss-reactive ketones (excluding diaryl/α,β-unsaturated/α-hetero) is 1. The molecule has 11 heteroatoms. The van der Waals surface area contributed by atoms with Crippen molar-refractivity contribution in [3.63, 3.8) is 0 Å². The summed E-state index contributed by atoms with van der Waals surface area (Å²) in [6.07, 6.45) is 3.29. The molecule has 1 saturated heterocycles. The first-order chi connectivity index (χ1) is 17.7. The van der Waals surface area contributed by atoms with Crippen LogP contribution in [-0.2, 0) is 17.9 Å². The normalized spacial score (nSPS) is 13.5. The second kappa shape index (κ2) is 12.7. The number of piperidine rings is 1. The quantitative estimate of drug-likeness (QED) is 0.365. The van der Waals surface area contributed by atoms with Crippen LogP contribution < -0.4 is 22.7 Å². The van der Waals surface area contributed by atoms with E-state index in [2.05, 4.69) is 5.73 Å². The molecule has 37 heavy (non-hydrogen) atoms. The number of primary amides is 1. The summed E-state index contributed by atoms with van der Waals surface area (Å²) in [5, 5.41) is 0. The van der Waals surface area contributed by atoms with Gasteiger partial charge < -0.3 is 11.5 Å². The molecule has 0 radical (unpaired) electrons. The number of halogens is 2. The second-order valence-electron chi connectivity index (χ2n) is 8.67. The van der Waals surface area contributed by atoms with Crippen molar-refractivity contribution in [2.45, 2.75) is 32.4 Å². The van der Waals surface area contributed by atoms with E-state index < -0.39 is 28.7 Å². The van der Waals surface area contributed by atoms with Crippen LogP contribution in [0.5, 0.6) is 0 Å². The fraction of sp³-hybridized carbons (Fsp3) is 0.308. The summed E-state index contributed by atoms with van der Waals surface area (Å²) in [5.74, 6) is -1.54. The molecule has 0 saturated carbocycles. The fourth-order valence-electron chi connectivity index (χ4n) is 4.21. The molecule has 1 fully saturated rings. The third-order valence-electron chi connectivity index (χ3n) is 6.07. The number of aromatic nitrogens is 2. The molecule has 4 N–H and O–H groups in total. The van der Waals surface area contributed by atoms with Gasteiger partial charge in [-0.2, -0.15) is 0 Å². The van der Waals surface area contributed by atoms with Gasteiger partial charge in [-0.25, -0.2) is 13.6 Å². The number of nitrogens with zero attached hydrogens (tertiary/aromatic N) is 3. The molecule has 196 valence electrons. The summed E-state index contributed by atoms with van der Waals surface area (Å²) < 4.78 is 28.8. The van der Waals surface area contributed by atoms with Gasteiger partial charge in [0.1, 0.15) is 23.0 Å². The standard InChI is InChI=1S/C25H26F2N4O3.CH3NO/c26-19-8-4-17(5-9-19)14-30-23(28)22(21(32)16-29-12-2-1-3-13-29)24(33)31(25(30)34)15-18-6-10-20(27)11-7-18;2-1-3/h4-11H,1-3,12-16,28H2;1H,(H2,2,3). The first kappa shape index (κ1) is 27.5. The number of hydrogen-bond acceptors (Lipinski definition) is 6. The third kappa shape index (κ3) is 6.98. The van der Waals surface area contributed by atoms with Crippen molar-refractivity contribution in [3.8, 4) is 0 Å². The lowest BCUT2D eigenvalue weighted by atomic mass is 10.1. The summed E-state index contributed by atoms with van der Waals surface area (Å²) in [4.78, 5) is 50.4. The van der Waals surface area contributed by atoms with Gasteiger partial charge in [-0.1, -0.05) is 30.7 Å². The second-order valence-corrected chi connectivity index (χ2v) is 8.67. The monoisotopic (exact) mass is 513 g/mol. The summed E-state index contributed by atoms with van der Waals surface area (Å²) in [5.41, 5.74) is 9.79. The zero-order chi connectivity index (χ0) is 26.9. The van der Waals surface area contributed by atoms with Crippen LogP contribution in [0, 0.1) is 11.6 Å². The van der Waals surface area contributed by atoms with Crippen LogP contribution in [-0.4, -0.2) is 45.9 Å². The van der Waals surface area contributed by atoms with Crippen molar-refractivity contribution in [3.05, 3.63) is 97.7 Å². The molecular weight excluding hydrogens is 484 g/mol. The average molecular weight is 514 g/mol. The first-order valence-electron chi connectivity index (χ1n) is 11.8. The van der Waals surface area contributed by atoms with Crippen molar-refractivity contribution in [1.29, 1.82) is 0 Å². The van der Waals surface area contributed by atoms with Gasteiger partial charge in [0.2, 0.25) is 6.41 Å². The maximum atomic E-state index is 13.3. The van der Waals surface area contributed by atoms with Gasteiger partial charge in [0, 0.05) is 0 Å². The van der Waals surface area contributed by atoms with Gasteiger partial charge in [-0.15, -0.1) is 0 Å². The number of anilines is 1. The molecule has 9 nitrogen and oxygen atoms in total. The van der Waals surface area contributed by atoms with Crippen LogP contribution in [0.15, 0.2) is 58.1 Å². The molecule has 1 aliphatic rings. The van der Waals surface area contributed by atoms with E-state index in [1.807, 2.05) is 4.90 Å². The maximum Gasteiger partial charge on any atom is 0.333 e. The Bertz CT molecular complexity index is 1350. The third-order valence-corrected chi connectivity index (χ3v) is 6.07. The molecule has 2 aromatic carbocycles. The summed E-state index contributed by atoms with van der Waals surface area (Å²) in [6, 6.07) is 10.9. The number of likely N-dealkylation sites (tertiary alicyclic amines) is 1. The van der Waals surface area contributed by atoms with Crippen LogP contribution in [0.2, 0.25) is 0 Å². The molecule has 0 unspecified atom stereocenters. The van der Waals surface area contributed by atoms with Crippen LogP contribution in [0.25, 0.3) is 0 Å². The highest BCUT2D eigenvalue weighted by Crippen LogP contribution is 2.14. The van der Waals surface area contributed by atoms with E-state index in [0.717, 1.165) is 41.5 Å². The van der Waals surface area contributed by atoms with Crippen molar-refractivity contribution in [2.75, 3.05) is 25.4 Å². The van der Waals surface area contributed by atoms with Crippen LogP contribution in [0.1, 0.15) is 40.7 Å². The Morgan fingerprint density at radius 3 is 1.78 bits per heavy atom. The number of benzene rings is 2. The minimum absolute atomic E-state index is 0.0325. The van der Waals surface area contributed by atoms with E-state index in [1.54, 1.807) is 0 Å². The largest absolute Gasteiger partial charge is 0.384 e. The van der Waals surface area contributed by atoms with Crippen LogP contribution in [0.4, 0.5) is 14.6 Å². The maximum absolute atomic E-state index is 13.3. The van der Waals surface area contributed by atoms with Crippen molar-refractivity contribution in [2.24, 2.45) is 5.73 Å². The Balaban J connectivity index is 0.00000121. The highest BCUT2D eigenvalue weighted by molar-refractivity contribution is 6.01. The van der Waals surface area contributed by atoms with E-state index in [1.165, 1.54) is 48.5 Å². The van der Waals surface area contributed by atoms with Gasteiger partial charge in [0.15, 0.2) is 5.78 Å². The number of carbonyl (C=O) groups is 2. The fourth-order valence-corrected chi connectivity index (χ4v) is 4.21. The highest BCUT2D eigenvalue weighted by Gasteiger charge is 2.25. The summed E-state index contributed by atoms with van der Waals surface area (Å²) in [6.45, 7) is 1.35. The summed E-state index contributed by atoms with van der Waals surface area (Å²) in [7, 11) is 0. The van der Waals surface area contributed by atoms with Crippen molar-refractivity contribution in [1.82, 2.24) is 14.0 Å². The lowest BCUT2D eigenvalue weighted by Gasteiger charge is -2.26. The van der Waals surface area contributed by atoms with Gasteiger partial charge >= 0.3 is 5.69 Å². The van der Waals surface area contributed by atoms with Crippen molar-refractivity contribution < 1.29 is 18.4 Å². The zero-order valence-corrected chi connectivity index (χ0v) is 20.2. The number of nitrogen functional groups attached to an aromatic ring is 1. The van der Waals surface area contributed by atoms with Gasteiger partial charge in [-0.05, 0) is 61.3 Å².